The first-order chi connectivity index (χ1) is 12.2. The smallest absolute Gasteiger partial charge is 0.203 e. The van der Waals surface area contributed by atoms with Gasteiger partial charge >= 0.3 is 0 Å². The average Bonchev–Trinajstić information content (AvgIpc) is 3.00. The highest BCUT2D eigenvalue weighted by atomic mass is 16.5. The Morgan fingerprint density at radius 1 is 0.960 bits per heavy atom. The first-order valence-corrected chi connectivity index (χ1v) is 8.30. The molecule has 3 aromatic rings. The van der Waals surface area contributed by atoms with Crippen molar-refractivity contribution in [2.24, 2.45) is 5.73 Å². The molecule has 0 aliphatic carbocycles. The van der Waals surface area contributed by atoms with Gasteiger partial charge in [-0.3, -0.25) is 0 Å². The summed E-state index contributed by atoms with van der Waals surface area (Å²) in [6, 6.07) is 12.3. The highest BCUT2D eigenvalue weighted by Gasteiger charge is 2.20. The molecule has 0 aliphatic rings. The van der Waals surface area contributed by atoms with Gasteiger partial charge in [0, 0.05) is 29.6 Å². The molecule has 25 heavy (non-hydrogen) atoms. The molecule has 0 bridgehead atoms. The quantitative estimate of drug-likeness (QED) is 0.741. The van der Waals surface area contributed by atoms with Gasteiger partial charge < -0.3 is 24.5 Å². The Morgan fingerprint density at radius 3 is 2.12 bits per heavy atom. The van der Waals surface area contributed by atoms with Crippen LogP contribution in [0.5, 0.6) is 17.2 Å². The van der Waals surface area contributed by atoms with Crippen molar-refractivity contribution in [3.63, 3.8) is 0 Å². The minimum Gasteiger partial charge on any atom is -0.493 e. The highest BCUT2D eigenvalue weighted by molar-refractivity contribution is 5.92. The fourth-order valence-corrected chi connectivity index (χ4v) is 3.46. The molecule has 1 aromatic heterocycles. The molecule has 0 radical (unpaired) electrons. The third-order valence-electron chi connectivity index (χ3n) is 4.53. The van der Waals surface area contributed by atoms with E-state index in [1.54, 1.807) is 21.3 Å². The summed E-state index contributed by atoms with van der Waals surface area (Å²) >= 11 is 0. The third kappa shape index (κ3) is 2.70. The van der Waals surface area contributed by atoms with E-state index in [2.05, 4.69) is 23.6 Å². The minimum atomic E-state index is 0.458. The average molecular weight is 340 g/mol. The van der Waals surface area contributed by atoms with Crippen molar-refractivity contribution in [3.8, 4) is 28.5 Å². The van der Waals surface area contributed by atoms with E-state index in [9.17, 15) is 0 Å². The van der Waals surface area contributed by atoms with E-state index in [0.29, 0.717) is 23.8 Å². The van der Waals surface area contributed by atoms with Crippen molar-refractivity contribution >= 4 is 10.9 Å². The van der Waals surface area contributed by atoms with Crippen molar-refractivity contribution in [2.75, 3.05) is 21.3 Å². The SMILES string of the molecule is CCn1c(-c2cc(OC)c(OC)c(OC)c2)c(CN)c2ccccc21. The lowest BCUT2D eigenvalue weighted by atomic mass is 10.0. The standard InChI is InChI=1S/C20H24N2O3/c1-5-22-16-9-7-6-8-14(16)15(12-21)19(22)13-10-17(23-2)20(25-4)18(11-13)24-3/h6-11H,5,12,21H2,1-4H3. The molecule has 0 saturated carbocycles. The summed E-state index contributed by atoms with van der Waals surface area (Å²) in [5.74, 6) is 1.85. The molecule has 0 aliphatic heterocycles. The van der Waals surface area contributed by atoms with E-state index >= 15 is 0 Å². The molecule has 3 rings (SSSR count). The van der Waals surface area contributed by atoms with Crippen molar-refractivity contribution in [1.29, 1.82) is 0 Å². The van der Waals surface area contributed by atoms with E-state index in [4.69, 9.17) is 19.9 Å². The van der Waals surface area contributed by atoms with Crippen molar-refractivity contribution in [3.05, 3.63) is 42.0 Å². The number of aromatic nitrogens is 1. The fraction of sp³-hybridized carbons (Fsp3) is 0.300. The zero-order chi connectivity index (χ0) is 18.0. The summed E-state index contributed by atoms with van der Waals surface area (Å²) in [5.41, 5.74) is 10.5. The zero-order valence-corrected chi connectivity index (χ0v) is 15.1. The molecule has 2 N–H and O–H groups in total. The van der Waals surface area contributed by atoms with E-state index in [0.717, 1.165) is 23.4 Å². The first-order valence-electron chi connectivity index (χ1n) is 8.30. The molecular formula is C20H24N2O3. The number of para-hydroxylation sites is 1. The van der Waals surface area contributed by atoms with Crippen LogP contribution in [0.1, 0.15) is 12.5 Å². The largest absolute Gasteiger partial charge is 0.493 e. The molecule has 2 aromatic carbocycles. The zero-order valence-electron chi connectivity index (χ0n) is 15.1. The second-order valence-electron chi connectivity index (χ2n) is 5.71. The van der Waals surface area contributed by atoms with Gasteiger partial charge in [0.2, 0.25) is 5.75 Å². The summed E-state index contributed by atoms with van der Waals surface area (Å²) in [7, 11) is 4.86. The van der Waals surface area contributed by atoms with Crippen LogP contribution in [0.3, 0.4) is 0 Å². The number of nitrogens with two attached hydrogens (primary N) is 1. The second kappa shape index (κ2) is 7.07. The maximum absolute atomic E-state index is 6.12. The summed E-state index contributed by atoms with van der Waals surface area (Å²) in [6.07, 6.45) is 0. The van der Waals surface area contributed by atoms with E-state index in [-0.39, 0.29) is 0 Å². The topological polar surface area (TPSA) is 58.6 Å². The molecule has 5 heteroatoms. The maximum Gasteiger partial charge on any atom is 0.203 e. The molecule has 0 saturated heterocycles. The number of benzene rings is 2. The number of hydrogen-bond acceptors (Lipinski definition) is 4. The van der Waals surface area contributed by atoms with Gasteiger partial charge in [0.15, 0.2) is 11.5 Å². The van der Waals surface area contributed by atoms with Crippen LogP contribution in [0.25, 0.3) is 22.2 Å². The molecule has 0 unspecified atom stereocenters. The minimum absolute atomic E-state index is 0.458. The number of nitrogens with zero attached hydrogens (tertiary/aromatic N) is 1. The lowest BCUT2D eigenvalue weighted by molar-refractivity contribution is 0.324. The molecule has 0 atom stereocenters. The number of ether oxygens (including phenoxy) is 3. The van der Waals surface area contributed by atoms with Gasteiger partial charge in [0.25, 0.3) is 0 Å². The molecule has 0 fully saturated rings. The monoisotopic (exact) mass is 340 g/mol. The van der Waals surface area contributed by atoms with Crippen LogP contribution < -0.4 is 19.9 Å². The first kappa shape index (κ1) is 17.2. The van der Waals surface area contributed by atoms with E-state index < -0.39 is 0 Å². The second-order valence-corrected chi connectivity index (χ2v) is 5.71. The Kier molecular flexibility index (Phi) is 4.86. The van der Waals surface area contributed by atoms with Crippen LogP contribution >= 0.6 is 0 Å². The summed E-state index contributed by atoms with van der Waals surface area (Å²) in [6.45, 7) is 3.43. The Labute approximate surface area is 147 Å². The Balaban J connectivity index is 2.36. The van der Waals surface area contributed by atoms with Crippen molar-refractivity contribution < 1.29 is 14.2 Å². The van der Waals surface area contributed by atoms with E-state index in [1.165, 1.54) is 10.9 Å². The van der Waals surface area contributed by atoms with Crippen LogP contribution in [-0.4, -0.2) is 25.9 Å². The predicted octanol–water partition coefficient (Wildman–Crippen LogP) is 3.81. The predicted molar refractivity (Wildman–Crippen MR) is 101 cm³/mol. The lowest BCUT2D eigenvalue weighted by Crippen LogP contribution is -2.03. The van der Waals surface area contributed by atoms with Crippen LogP contribution in [-0.2, 0) is 13.1 Å². The van der Waals surface area contributed by atoms with E-state index in [1.807, 2.05) is 24.3 Å². The molecule has 0 spiro atoms. The number of methoxy groups -OCH3 is 3. The molecule has 0 amide bonds. The van der Waals surface area contributed by atoms with Gasteiger partial charge in [-0.15, -0.1) is 0 Å². The van der Waals surface area contributed by atoms with Crippen LogP contribution in [0.15, 0.2) is 36.4 Å². The summed E-state index contributed by atoms with van der Waals surface area (Å²) in [4.78, 5) is 0. The lowest BCUT2D eigenvalue weighted by Gasteiger charge is -2.16. The number of rotatable bonds is 6. The van der Waals surface area contributed by atoms with Gasteiger partial charge in [0.1, 0.15) is 0 Å². The van der Waals surface area contributed by atoms with Gasteiger partial charge in [-0.2, -0.15) is 0 Å². The molecule has 5 nitrogen and oxygen atoms in total. The van der Waals surface area contributed by atoms with Crippen LogP contribution in [0.2, 0.25) is 0 Å². The van der Waals surface area contributed by atoms with Crippen LogP contribution in [0, 0.1) is 0 Å². The summed E-state index contributed by atoms with van der Waals surface area (Å²) in [5, 5.41) is 1.18. The highest BCUT2D eigenvalue weighted by Crippen LogP contribution is 2.43. The van der Waals surface area contributed by atoms with Crippen molar-refractivity contribution in [1.82, 2.24) is 4.57 Å². The Hall–Kier alpha value is -2.66. The van der Waals surface area contributed by atoms with Gasteiger partial charge in [-0.25, -0.2) is 0 Å². The van der Waals surface area contributed by atoms with Gasteiger partial charge in [-0.05, 0) is 30.7 Å². The number of aryl methyl sites for hydroxylation is 1. The number of hydrogen-bond donors (Lipinski definition) is 1. The molecule has 132 valence electrons. The van der Waals surface area contributed by atoms with Crippen LogP contribution in [0.4, 0.5) is 0 Å². The fourth-order valence-electron chi connectivity index (χ4n) is 3.46. The van der Waals surface area contributed by atoms with Gasteiger partial charge in [-0.1, -0.05) is 18.2 Å². The Morgan fingerprint density at radius 2 is 1.60 bits per heavy atom. The summed E-state index contributed by atoms with van der Waals surface area (Å²) < 4.78 is 18.7. The maximum atomic E-state index is 6.12. The number of fused-ring (bicyclic) bond motifs is 1. The Bertz CT molecular complexity index is 833. The van der Waals surface area contributed by atoms with Crippen molar-refractivity contribution in [2.45, 2.75) is 20.0 Å². The molecule has 1 heterocycles. The molecular weight excluding hydrogens is 316 g/mol. The normalized spacial score (nSPS) is 10.9. The third-order valence-corrected chi connectivity index (χ3v) is 4.53. The van der Waals surface area contributed by atoms with Gasteiger partial charge in [0.05, 0.1) is 27.0 Å².